The van der Waals surface area contributed by atoms with Crippen LogP contribution >= 0.6 is 11.8 Å². The zero-order valence-corrected chi connectivity index (χ0v) is 23.0. The second-order valence-electron chi connectivity index (χ2n) is 9.74. The smallest absolute Gasteiger partial charge is 0.251 e. The van der Waals surface area contributed by atoms with Gasteiger partial charge in [-0.25, -0.2) is 0 Å². The Morgan fingerprint density at radius 2 is 1.82 bits per heavy atom. The van der Waals surface area contributed by atoms with Crippen LogP contribution in [0.25, 0.3) is 10.9 Å². The maximum absolute atomic E-state index is 13.6. The number of ether oxygens (including phenoxy) is 1. The minimum Gasteiger partial charge on any atom is -0.458 e. The van der Waals surface area contributed by atoms with Gasteiger partial charge in [0, 0.05) is 34.7 Å². The highest BCUT2D eigenvalue weighted by Crippen LogP contribution is 2.24. The summed E-state index contributed by atoms with van der Waals surface area (Å²) in [5.41, 5.74) is 3.58. The summed E-state index contributed by atoms with van der Waals surface area (Å²) < 4.78 is 5.98. The predicted octanol–water partition coefficient (Wildman–Crippen LogP) is 6.25. The summed E-state index contributed by atoms with van der Waals surface area (Å²) in [5, 5.41) is 3.58. The molecule has 1 aliphatic carbocycles. The number of aryl methyl sites for hydroxylation is 1. The first-order valence-corrected chi connectivity index (χ1v) is 14.2. The van der Waals surface area contributed by atoms with Crippen LogP contribution in [0.3, 0.4) is 0 Å². The van der Waals surface area contributed by atoms with Crippen molar-refractivity contribution >= 4 is 33.7 Å². The third kappa shape index (κ3) is 6.98. The van der Waals surface area contributed by atoms with Crippen molar-refractivity contribution in [3.8, 4) is 5.75 Å². The van der Waals surface area contributed by atoms with Crippen LogP contribution < -0.4 is 15.6 Å². The molecule has 4 aromatic rings. The van der Waals surface area contributed by atoms with E-state index in [0.29, 0.717) is 28.1 Å². The molecule has 0 radical (unpaired) electrons. The van der Waals surface area contributed by atoms with Gasteiger partial charge < -0.3 is 15.0 Å². The van der Waals surface area contributed by atoms with Crippen LogP contribution in [0.4, 0.5) is 0 Å². The van der Waals surface area contributed by atoms with Crippen molar-refractivity contribution in [3.05, 3.63) is 135 Å². The van der Waals surface area contributed by atoms with Gasteiger partial charge in [-0.1, -0.05) is 65.9 Å². The number of carbonyl (C=O) groups excluding carboxylic acids is 2. The number of aromatic amines is 1. The van der Waals surface area contributed by atoms with Crippen LogP contribution in [0.2, 0.25) is 0 Å². The number of hydrogen-bond acceptors (Lipinski definition) is 5. The molecule has 7 heteroatoms. The standard InChI is InChI=1S/C33H30N2O4S/c1-22-14-16-24(17-15-22)32(37)35-30(19-25-20-31(36)34-29-13-6-5-12-28(25)29)33(38)40-21-23-8-7-11-27(18-23)39-26-9-3-2-4-10-26/h3,5-18,20,30H,2,4,19,21H2,1H3,(H,34,36)(H,35,37). The first-order valence-electron chi connectivity index (χ1n) is 13.2. The zero-order valence-electron chi connectivity index (χ0n) is 22.2. The molecule has 1 amide bonds. The molecule has 2 N–H and O–H groups in total. The van der Waals surface area contributed by atoms with Crippen LogP contribution in [0.5, 0.6) is 5.75 Å². The molecule has 0 saturated carbocycles. The average molecular weight is 551 g/mol. The van der Waals surface area contributed by atoms with Gasteiger partial charge in [0.05, 0.1) is 0 Å². The minimum atomic E-state index is -0.832. The second kappa shape index (κ2) is 12.7. The zero-order chi connectivity index (χ0) is 27.9. The molecule has 3 aromatic carbocycles. The number of pyridine rings is 1. The number of rotatable bonds is 9. The second-order valence-corrected chi connectivity index (χ2v) is 10.7. The molecule has 1 aromatic heterocycles. The Labute approximate surface area is 237 Å². The van der Waals surface area contributed by atoms with E-state index < -0.39 is 6.04 Å². The fraction of sp³-hybridized carbons (Fsp3) is 0.182. The van der Waals surface area contributed by atoms with Gasteiger partial charge in [-0.05, 0) is 73.4 Å². The number of amides is 1. The average Bonchev–Trinajstić information content (AvgIpc) is 2.96. The Kier molecular flexibility index (Phi) is 8.62. The van der Waals surface area contributed by atoms with Crippen LogP contribution in [-0.4, -0.2) is 22.0 Å². The van der Waals surface area contributed by atoms with E-state index in [0.717, 1.165) is 46.9 Å². The number of thioether (sulfide) groups is 1. The van der Waals surface area contributed by atoms with Gasteiger partial charge in [-0.15, -0.1) is 0 Å². The lowest BCUT2D eigenvalue weighted by atomic mass is 10.0. The number of aromatic nitrogens is 1. The molecular formula is C33H30N2O4S. The largest absolute Gasteiger partial charge is 0.458 e. The molecule has 0 aliphatic heterocycles. The molecule has 0 fully saturated rings. The lowest BCUT2D eigenvalue weighted by Gasteiger charge is -2.19. The third-order valence-corrected chi connectivity index (χ3v) is 7.69. The van der Waals surface area contributed by atoms with Gasteiger partial charge >= 0.3 is 0 Å². The highest BCUT2D eigenvalue weighted by molar-refractivity contribution is 8.13. The van der Waals surface area contributed by atoms with E-state index in [9.17, 15) is 14.4 Å². The molecule has 1 atom stereocenters. The van der Waals surface area contributed by atoms with Gasteiger partial charge in [0.1, 0.15) is 17.6 Å². The molecule has 1 aliphatic rings. The van der Waals surface area contributed by atoms with E-state index in [1.54, 1.807) is 12.1 Å². The quantitative estimate of drug-likeness (QED) is 0.257. The number of para-hydroxylation sites is 1. The fourth-order valence-corrected chi connectivity index (χ4v) is 5.39. The third-order valence-electron chi connectivity index (χ3n) is 6.64. The molecular weight excluding hydrogens is 520 g/mol. The number of allylic oxidation sites excluding steroid dienone is 3. The first kappa shape index (κ1) is 27.2. The molecule has 0 saturated heterocycles. The van der Waals surface area contributed by atoms with Crippen molar-refractivity contribution in [1.82, 2.24) is 10.3 Å². The van der Waals surface area contributed by atoms with Gasteiger partial charge in [0.15, 0.2) is 0 Å². The van der Waals surface area contributed by atoms with Crippen molar-refractivity contribution in [1.29, 1.82) is 0 Å². The van der Waals surface area contributed by atoms with E-state index in [2.05, 4.69) is 22.5 Å². The Bertz CT molecular complexity index is 1650. The molecule has 5 rings (SSSR count). The van der Waals surface area contributed by atoms with Gasteiger partial charge in [0.2, 0.25) is 10.7 Å². The lowest BCUT2D eigenvalue weighted by molar-refractivity contribution is -0.112. The normalized spacial score (nSPS) is 13.5. The summed E-state index contributed by atoms with van der Waals surface area (Å²) in [4.78, 5) is 41.9. The van der Waals surface area contributed by atoms with Crippen molar-refractivity contribution in [2.75, 3.05) is 0 Å². The maximum Gasteiger partial charge on any atom is 0.251 e. The molecule has 0 spiro atoms. The van der Waals surface area contributed by atoms with Crippen LogP contribution in [0.15, 0.2) is 108 Å². The first-order chi connectivity index (χ1) is 19.4. The van der Waals surface area contributed by atoms with Gasteiger partial charge in [-0.2, -0.15) is 0 Å². The summed E-state index contributed by atoms with van der Waals surface area (Å²) in [7, 11) is 0. The van der Waals surface area contributed by atoms with E-state index >= 15 is 0 Å². The number of H-pyrrole nitrogens is 1. The minimum absolute atomic E-state index is 0.186. The lowest BCUT2D eigenvalue weighted by Crippen LogP contribution is -2.41. The molecule has 1 heterocycles. The van der Waals surface area contributed by atoms with Gasteiger partial charge in [0.25, 0.3) is 5.91 Å². The van der Waals surface area contributed by atoms with Crippen molar-refractivity contribution in [2.24, 2.45) is 0 Å². The Hall–Kier alpha value is -4.36. The Balaban J connectivity index is 1.35. The highest BCUT2D eigenvalue weighted by atomic mass is 32.2. The Morgan fingerprint density at radius 3 is 2.62 bits per heavy atom. The topological polar surface area (TPSA) is 88.3 Å². The Morgan fingerprint density at radius 1 is 1.00 bits per heavy atom. The predicted molar refractivity (Wildman–Crippen MR) is 161 cm³/mol. The highest BCUT2D eigenvalue weighted by Gasteiger charge is 2.24. The van der Waals surface area contributed by atoms with Crippen molar-refractivity contribution in [3.63, 3.8) is 0 Å². The molecule has 40 heavy (non-hydrogen) atoms. The SMILES string of the molecule is Cc1ccc(C(=O)NC(Cc2cc(=O)[nH]c3ccccc23)C(=O)SCc2cccc(OC3=CCCC=C3)c2)cc1. The van der Waals surface area contributed by atoms with E-state index in [-0.39, 0.29) is 23.0 Å². The fourth-order valence-electron chi connectivity index (χ4n) is 4.56. The van der Waals surface area contributed by atoms with E-state index in [4.69, 9.17) is 4.74 Å². The van der Waals surface area contributed by atoms with E-state index in [1.807, 2.05) is 73.7 Å². The van der Waals surface area contributed by atoms with Gasteiger partial charge in [-0.3, -0.25) is 14.4 Å². The summed E-state index contributed by atoms with van der Waals surface area (Å²) in [6, 6.07) is 23.0. The van der Waals surface area contributed by atoms with Crippen molar-refractivity contribution in [2.45, 2.75) is 38.0 Å². The molecule has 6 nitrogen and oxygen atoms in total. The number of benzene rings is 3. The van der Waals surface area contributed by atoms with Crippen LogP contribution in [0, 0.1) is 6.92 Å². The summed E-state index contributed by atoms with van der Waals surface area (Å²) in [5.74, 6) is 1.61. The number of nitrogens with one attached hydrogen (secondary N) is 2. The molecule has 202 valence electrons. The summed E-state index contributed by atoms with van der Waals surface area (Å²) in [6.07, 6.45) is 8.27. The van der Waals surface area contributed by atoms with E-state index in [1.165, 1.54) is 6.07 Å². The van der Waals surface area contributed by atoms with Crippen LogP contribution in [-0.2, 0) is 17.0 Å². The number of hydrogen-bond donors (Lipinski definition) is 2. The summed E-state index contributed by atoms with van der Waals surface area (Å²) in [6.45, 7) is 1.95. The molecule has 0 bridgehead atoms. The van der Waals surface area contributed by atoms with Crippen molar-refractivity contribution < 1.29 is 14.3 Å². The summed E-state index contributed by atoms with van der Waals surface area (Å²) >= 11 is 1.14. The maximum atomic E-state index is 13.6. The molecule has 1 unspecified atom stereocenters. The number of carbonyl (C=O) groups is 2. The number of fused-ring (bicyclic) bond motifs is 1. The van der Waals surface area contributed by atoms with Crippen LogP contribution in [0.1, 0.15) is 39.9 Å². The monoisotopic (exact) mass is 550 g/mol.